The Morgan fingerprint density at radius 2 is 1.78 bits per heavy atom. The Labute approximate surface area is 169 Å². The summed E-state index contributed by atoms with van der Waals surface area (Å²) in [5.74, 6) is -0.152. The van der Waals surface area contributed by atoms with Gasteiger partial charge in [0.1, 0.15) is 12.2 Å². The van der Waals surface area contributed by atoms with Gasteiger partial charge in [0.2, 0.25) is 5.91 Å². The molecule has 0 radical (unpaired) electrons. The molecule has 27 heavy (non-hydrogen) atoms. The number of aromatic nitrogens is 2. The standard InChI is InChI=1S/C21H15BrClN3O/c22-17-8-4-5-9-18(17)24-20(27)13-26-19-11-10-15(23)12-16(19)21(25-26)14-6-2-1-3-7-14/h1-12H,13H2,(H,24,27). The van der Waals surface area contributed by atoms with Crippen LogP contribution in [0.2, 0.25) is 5.02 Å². The number of rotatable bonds is 4. The summed E-state index contributed by atoms with van der Waals surface area (Å²) in [6.07, 6.45) is 0. The first-order valence-electron chi connectivity index (χ1n) is 8.38. The minimum Gasteiger partial charge on any atom is -0.323 e. The van der Waals surface area contributed by atoms with Crippen LogP contribution in [0.15, 0.2) is 77.3 Å². The molecular formula is C21H15BrClN3O. The molecule has 0 aliphatic carbocycles. The second-order valence-corrected chi connectivity index (χ2v) is 7.35. The molecule has 1 N–H and O–H groups in total. The largest absolute Gasteiger partial charge is 0.323 e. The maximum Gasteiger partial charge on any atom is 0.246 e. The molecule has 4 aromatic rings. The van der Waals surface area contributed by atoms with Crippen molar-refractivity contribution in [2.45, 2.75) is 6.54 Å². The number of hydrogen-bond donors (Lipinski definition) is 1. The Morgan fingerprint density at radius 1 is 1.04 bits per heavy atom. The maximum atomic E-state index is 12.6. The number of halogens is 2. The number of nitrogens with one attached hydrogen (secondary N) is 1. The number of carbonyl (C=O) groups excluding carboxylic acids is 1. The van der Waals surface area contributed by atoms with Crippen LogP contribution >= 0.6 is 27.5 Å². The van der Waals surface area contributed by atoms with Gasteiger partial charge in [0.25, 0.3) is 0 Å². The second-order valence-electron chi connectivity index (χ2n) is 6.06. The van der Waals surface area contributed by atoms with E-state index in [1.54, 1.807) is 4.68 Å². The number of benzene rings is 3. The molecular weight excluding hydrogens is 426 g/mol. The molecule has 0 saturated carbocycles. The number of nitrogens with zero attached hydrogens (tertiary/aromatic N) is 2. The molecule has 4 nitrogen and oxygen atoms in total. The van der Waals surface area contributed by atoms with Crippen LogP contribution < -0.4 is 5.32 Å². The van der Waals surface area contributed by atoms with Crippen LogP contribution in [0.1, 0.15) is 0 Å². The quantitative estimate of drug-likeness (QED) is 0.439. The molecule has 1 aromatic heterocycles. The predicted octanol–water partition coefficient (Wildman–Crippen LogP) is 5.76. The maximum absolute atomic E-state index is 12.6. The summed E-state index contributed by atoms with van der Waals surface area (Å²) in [5.41, 5.74) is 3.38. The van der Waals surface area contributed by atoms with Gasteiger partial charge >= 0.3 is 0 Å². The average Bonchev–Trinajstić information content (AvgIpc) is 3.02. The summed E-state index contributed by atoms with van der Waals surface area (Å²) in [7, 11) is 0. The van der Waals surface area contributed by atoms with Crippen molar-refractivity contribution in [2.24, 2.45) is 0 Å². The number of fused-ring (bicyclic) bond motifs is 1. The van der Waals surface area contributed by atoms with Crippen molar-refractivity contribution in [3.63, 3.8) is 0 Å². The van der Waals surface area contributed by atoms with E-state index in [4.69, 9.17) is 16.7 Å². The first-order valence-corrected chi connectivity index (χ1v) is 9.55. The van der Waals surface area contributed by atoms with Crippen molar-refractivity contribution in [2.75, 3.05) is 5.32 Å². The number of anilines is 1. The van der Waals surface area contributed by atoms with E-state index in [1.807, 2.05) is 72.8 Å². The molecule has 0 atom stereocenters. The van der Waals surface area contributed by atoms with Gasteiger partial charge in [0, 0.05) is 20.4 Å². The Hall–Kier alpha value is -2.63. The third-order valence-electron chi connectivity index (χ3n) is 4.20. The zero-order chi connectivity index (χ0) is 18.8. The molecule has 1 heterocycles. The van der Waals surface area contributed by atoms with E-state index in [2.05, 4.69) is 21.2 Å². The van der Waals surface area contributed by atoms with E-state index in [9.17, 15) is 4.79 Å². The van der Waals surface area contributed by atoms with Gasteiger partial charge in [-0.05, 0) is 46.3 Å². The molecule has 0 aliphatic heterocycles. The van der Waals surface area contributed by atoms with E-state index < -0.39 is 0 Å². The first kappa shape index (κ1) is 17.8. The van der Waals surface area contributed by atoms with Gasteiger partial charge in [-0.2, -0.15) is 5.10 Å². The molecule has 6 heteroatoms. The van der Waals surface area contributed by atoms with Gasteiger partial charge in [-0.15, -0.1) is 0 Å². The lowest BCUT2D eigenvalue weighted by atomic mass is 10.1. The lowest BCUT2D eigenvalue weighted by Crippen LogP contribution is -2.19. The van der Waals surface area contributed by atoms with Crippen LogP contribution in [0.25, 0.3) is 22.2 Å². The van der Waals surface area contributed by atoms with E-state index in [1.165, 1.54) is 0 Å². The molecule has 4 rings (SSSR count). The third-order valence-corrected chi connectivity index (χ3v) is 5.13. The van der Waals surface area contributed by atoms with Crippen molar-refractivity contribution in [3.8, 4) is 11.3 Å². The molecule has 0 aliphatic rings. The Bertz CT molecular complexity index is 1120. The fourth-order valence-corrected chi connectivity index (χ4v) is 3.53. The second kappa shape index (κ2) is 7.55. The minimum absolute atomic E-state index is 0.103. The summed E-state index contributed by atoms with van der Waals surface area (Å²) >= 11 is 9.64. The summed E-state index contributed by atoms with van der Waals surface area (Å²) < 4.78 is 2.54. The monoisotopic (exact) mass is 439 g/mol. The summed E-state index contributed by atoms with van der Waals surface area (Å²) in [4.78, 5) is 12.6. The highest BCUT2D eigenvalue weighted by Gasteiger charge is 2.15. The van der Waals surface area contributed by atoms with Crippen molar-refractivity contribution in [1.82, 2.24) is 9.78 Å². The van der Waals surface area contributed by atoms with Crippen molar-refractivity contribution in [1.29, 1.82) is 0 Å². The molecule has 134 valence electrons. The van der Waals surface area contributed by atoms with Crippen molar-refractivity contribution < 1.29 is 4.79 Å². The smallest absolute Gasteiger partial charge is 0.246 e. The lowest BCUT2D eigenvalue weighted by molar-refractivity contribution is -0.116. The van der Waals surface area contributed by atoms with Gasteiger partial charge < -0.3 is 5.32 Å². The van der Waals surface area contributed by atoms with Crippen LogP contribution in [-0.4, -0.2) is 15.7 Å². The average molecular weight is 441 g/mol. The fourth-order valence-electron chi connectivity index (χ4n) is 2.97. The van der Waals surface area contributed by atoms with E-state index in [0.717, 1.165) is 32.3 Å². The molecule has 0 spiro atoms. The normalized spacial score (nSPS) is 10.9. The Kier molecular flexibility index (Phi) is 4.97. The minimum atomic E-state index is -0.152. The highest BCUT2D eigenvalue weighted by atomic mass is 79.9. The highest BCUT2D eigenvalue weighted by Crippen LogP contribution is 2.30. The van der Waals surface area contributed by atoms with Crippen LogP contribution in [0.5, 0.6) is 0 Å². The molecule has 3 aromatic carbocycles. The number of carbonyl (C=O) groups is 1. The van der Waals surface area contributed by atoms with Gasteiger partial charge in [-0.3, -0.25) is 9.48 Å². The number of amides is 1. The van der Waals surface area contributed by atoms with E-state index in [-0.39, 0.29) is 12.5 Å². The molecule has 0 fully saturated rings. The van der Waals surface area contributed by atoms with Crippen LogP contribution in [-0.2, 0) is 11.3 Å². The first-order chi connectivity index (χ1) is 13.1. The van der Waals surface area contributed by atoms with E-state index >= 15 is 0 Å². The molecule has 1 amide bonds. The Morgan fingerprint density at radius 3 is 2.56 bits per heavy atom. The number of hydrogen-bond acceptors (Lipinski definition) is 2. The summed E-state index contributed by atoms with van der Waals surface area (Å²) in [6, 6.07) is 23.0. The molecule has 0 unspecified atom stereocenters. The van der Waals surface area contributed by atoms with Crippen molar-refractivity contribution >= 4 is 50.0 Å². The van der Waals surface area contributed by atoms with Gasteiger partial charge in [-0.25, -0.2) is 0 Å². The zero-order valence-corrected chi connectivity index (χ0v) is 16.5. The van der Waals surface area contributed by atoms with Crippen molar-refractivity contribution in [3.05, 3.63) is 82.3 Å². The van der Waals surface area contributed by atoms with Gasteiger partial charge in [0.15, 0.2) is 0 Å². The fraction of sp³-hybridized carbons (Fsp3) is 0.0476. The van der Waals surface area contributed by atoms with Crippen LogP contribution in [0.4, 0.5) is 5.69 Å². The lowest BCUT2D eigenvalue weighted by Gasteiger charge is -2.08. The van der Waals surface area contributed by atoms with E-state index in [0.29, 0.717) is 5.02 Å². The molecule has 0 saturated heterocycles. The molecule has 0 bridgehead atoms. The highest BCUT2D eigenvalue weighted by molar-refractivity contribution is 9.10. The third kappa shape index (κ3) is 3.75. The SMILES string of the molecule is O=C(Cn1nc(-c2ccccc2)c2cc(Cl)ccc21)Nc1ccccc1Br. The zero-order valence-electron chi connectivity index (χ0n) is 14.2. The van der Waals surface area contributed by atoms with Crippen LogP contribution in [0, 0.1) is 0 Å². The summed E-state index contributed by atoms with van der Waals surface area (Å²) in [6.45, 7) is 0.103. The van der Waals surface area contributed by atoms with Gasteiger partial charge in [-0.1, -0.05) is 54.1 Å². The number of para-hydroxylation sites is 1. The Balaban J connectivity index is 1.70. The van der Waals surface area contributed by atoms with Gasteiger partial charge in [0.05, 0.1) is 11.2 Å². The van der Waals surface area contributed by atoms with Crippen LogP contribution in [0.3, 0.4) is 0 Å². The topological polar surface area (TPSA) is 46.9 Å². The summed E-state index contributed by atoms with van der Waals surface area (Å²) in [5, 5.41) is 9.16. The predicted molar refractivity (Wildman–Crippen MR) is 113 cm³/mol.